The quantitative estimate of drug-likeness (QED) is 0.740. The van der Waals surface area contributed by atoms with E-state index in [9.17, 15) is 9.90 Å². The first-order valence-corrected chi connectivity index (χ1v) is 5.94. The van der Waals surface area contributed by atoms with Gasteiger partial charge in [0.05, 0.1) is 11.5 Å². The molecule has 0 aromatic rings. The molecular weight excluding hydrogens is 214 g/mol. The summed E-state index contributed by atoms with van der Waals surface area (Å²) in [4.78, 5) is 13.9. The molecular formula is C14H17NO2. The predicted molar refractivity (Wildman–Crippen MR) is 64.7 cm³/mol. The Hall–Kier alpha value is -1.09. The molecule has 90 valence electrons. The fourth-order valence-electron chi connectivity index (χ4n) is 2.40. The highest BCUT2D eigenvalue weighted by molar-refractivity contribution is 5.89. The smallest absolute Gasteiger partial charge is 0.233 e. The third-order valence-electron chi connectivity index (χ3n) is 3.71. The highest BCUT2D eigenvalue weighted by Gasteiger charge is 2.53. The Kier molecular flexibility index (Phi) is 3.38. The van der Waals surface area contributed by atoms with Crippen LogP contribution in [0.25, 0.3) is 0 Å². The van der Waals surface area contributed by atoms with Crippen molar-refractivity contribution in [1.82, 2.24) is 4.90 Å². The van der Waals surface area contributed by atoms with E-state index in [1.807, 2.05) is 19.1 Å². The maximum absolute atomic E-state index is 12.1. The number of carbonyl (C=O) groups is 1. The monoisotopic (exact) mass is 231 g/mol. The van der Waals surface area contributed by atoms with E-state index >= 15 is 0 Å². The first-order valence-electron chi connectivity index (χ1n) is 5.94. The Morgan fingerprint density at radius 2 is 2.35 bits per heavy atom. The summed E-state index contributed by atoms with van der Waals surface area (Å²) >= 11 is 0. The van der Waals surface area contributed by atoms with Gasteiger partial charge < -0.3 is 10.0 Å². The predicted octanol–water partition coefficient (Wildman–Crippen LogP) is 1.26. The molecule has 0 aromatic heterocycles. The fraction of sp³-hybridized carbons (Fsp3) is 0.500. The van der Waals surface area contributed by atoms with E-state index < -0.39 is 11.5 Å². The van der Waals surface area contributed by atoms with Crippen LogP contribution in [0.5, 0.6) is 0 Å². The molecule has 1 N–H and O–H groups in total. The van der Waals surface area contributed by atoms with Crippen LogP contribution in [-0.4, -0.2) is 35.1 Å². The lowest BCUT2D eigenvalue weighted by molar-refractivity contribution is -0.171. The van der Waals surface area contributed by atoms with Crippen LogP contribution in [0, 0.1) is 18.3 Å². The Morgan fingerprint density at radius 3 is 2.82 bits per heavy atom. The van der Waals surface area contributed by atoms with Crippen molar-refractivity contribution in [1.29, 1.82) is 0 Å². The standard InChI is InChI=1S/C14H17NO2/c1-3-14(11(2)16)10-15(13(14)17)9-12-7-5-4-6-8-12/h5,7-8,11,16H,3,9-10H2,1-2H3. The number of hydrogen-bond donors (Lipinski definition) is 1. The zero-order valence-corrected chi connectivity index (χ0v) is 10.2. The van der Waals surface area contributed by atoms with Gasteiger partial charge in [-0.3, -0.25) is 4.79 Å². The summed E-state index contributed by atoms with van der Waals surface area (Å²) in [5.74, 6) is 0.0582. The van der Waals surface area contributed by atoms with E-state index in [0.717, 1.165) is 5.57 Å². The van der Waals surface area contributed by atoms with Crippen LogP contribution in [0.4, 0.5) is 0 Å². The number of hydrogen-bond acceptors (Lipinski definition) is 2. The van der Waals surface area contributed by atoms with Gasteiger partial charge in [-0.15, -0.1) is 0 Å². The van der Waals surface area contributed by atoms with Gasteiger partial charge in [-0.25, -0.2) is 0 Å². The van der Waals surface area contributed by atoms with Crippen molar-refractivity contribution in [3.8, 4) is 0 Å². The summed E-state index contributed by atoms with van der Waals surface area (Å²) in [7, 11) is 0. The molecule has 1 saturated heterocycles. The molecule has 3 nitrogen and oxygen atoms in total. The SMILES string of the molecule is CCC1(C(C)O)CN(CC2=C[C][C]C=C2)C1=O. The normalized spacial score (nSPS) is 29.9. The van der Waals surface area contributed by atoms with Gasteiger partial charge in [0.25, 0.3) is 0 Å². The van der Waals surface area contributed by atoms with Crippen LogP contribution in [-0.2, 0) is 4.79 Å². The number of allylic oxidation sites excluding steroid dienone is 2. The average molecular weight is 231 g/mol. The van der Waals surface area contributed by atoms with Gasteiger partial charge in [0.15, 0.2) is 0 Å². The van der Waals surface area contributed by atoms with Gasteiger partial charge in [0.1, 0.15) is 0 Å². The van der Waals surface area contributed by atoms with Crippen LogP contribution in [0.15, 0.2) is 23.8 Å². The Bertz CT molecular complexity index is 370. The highest BCUT2D eigenvalue weighted by Crippen LogP contribution is 2.39. The van der Waals surface area contributed by atoms with Gasteiger partial charge in [-0.1, -0.05) is 25.2 Å². The molecule has 1 fully saturated rings. The van der Waals surface area contributed by atoms with Gasteiger partial charge in [0.2, 0.25) is 5.91 Å². The van der Waals surface area contributed by atoms with E-state index in [-0.39, 0.29) is 5.91 Å². The first-order chi connectivity index (χ1) is 8.10. The minimum absolute atomic E-state index is 0.0582. The molecule has 0 bridgehead atoms. The van der Waals surface area contributed by atoms with Gasteiger partial charge in [-0.05, 0) is 18.9 Å². The van der Waals surface area contributed by atoms with Crippen LogP contribution in [0.2, 0.25) is 0 Å². The maximum atomic E-state index is 12.1. The molecule has 17 heavy (non-hydrogen) atoms. The summed E-state index contributed by atoms with van der Waals surface area (Å²) in [6.45, 7) is 4.88. The molecule has 0 saturated carbocycles. The van der Waals surface area contributed by atoms with Crippen LogP contribution in [0.1, 0.15) is 20.3 Å². The lowest BCUT2D eigenvalue weighted by Gasteiger charge is -2.50. The summed E-state index contributed by atoms with van der Waals surface area (Å²) in [5.41, 5.74) is 0.498. The number of rotatable bonds is 4. The minimum atomic E-state index is -0.577. The summed E-state index contributed by atoms with van der Waals surface area (Å²) in [6, 6.07) is 0. The van der Waals surface area contributed by atoms with Crippen LogP contribution in [0.3, 0.4) is 0 Å². The van der Waals surface area contributed by atoms with Gasteiger partial charge >= 0.3 is 0 Å². The molecule has 1 amide bonds. The molecule has 0 aromatic carbocycles. The fourth-order valence-corrected chi connectivity index (χ4v) is 2.40. The molecule has 4 radical (unpaired) electrons. The lowest BCUT2D eigenvalue weighted by atomic mass is 9.72. The van der Waals surface area contributed by atoms with E-state index in [0.29, 0.717) is 19.5 Å². The largest absolute Gasteiger partial charge is 0.392 e. The van der Waals surface area contributed by atoms with Crippen molar-refractivity contribution in [2.45, 2.75) is 26.4 Å². The second-order valence-electron chi connectivity index (χ2n) is 4.69. The molecule has 3 heteroatoms. The Balaban J connectivity index is 1.97. The zero-order valence-electron chi connectivity index (χ0n) is 10.2. The van der Waals surface area contributed by atoms with Crippen molar-refractivity contribution in [2.75, 3.05) is 13.1 Å². The number of β-lactam (4-membered cyclic amide) rings is 1. The number of nitrogens with zero attached hydrogens (tertiary/aromatic N) is 1. The van der Waals surface area contributed by atoms with Crippen LogP contribution >= 0.6 is 0 Å². The van der Waals surface area contributed by atoms with E-state index in [1.165, 1.54) is 0 Å². The molecule has 2 atom stereocenters. The maximum Gasteiger partial charge on any atom is 0.233 e. The summed E-state index contributed by atoms with van der Waals surface area (Å²) < 4.78 is 0. The average Bonchev–Trinajstić information content (AvgIpc) is 2.34. The van der Waals surface area contributed by atoms with Crippen LogP contribution < -0.4 is 0 Å². The molecule has 0 spiro atoms. The molecule has 1 heterocycles. The van der Waals surface area contributed by atoms with Crippen molar-refractivity contribution < 1.29 is 9.90 Å². The summed E-state index contributed by atoms with van der Waals surface area (Å²) in [6.07, 6.45) is 11.4. The van der Waals surface area contributed by atoms with Crippen molar-refractivity contribution in [3.63, 3.8) is 0 Å². The Labute approximate surface area is 103 Å². The van der Waals surface area contributed by atoms with E-state index in [1.54, 1.807) is 17.9 Å². The molecule has 2 aliphatic rings. The molecule has 1 aliphatic carbocycles. The molecule has 2 unspecified atom stereocenters. The van der Waals surface area contributed by atoms with Gasteiger partial charge in [0, 0.05) is 25.9 Å². The van der Waals surface area contributed by atoms with Crippen molar-refractivity contribution >= 4 is 5.91 Å². The number of amides is 1. The Morgan fingerprint density at radius 1 is 1.59 bits per heavy atom. The number of aliphatic hydroxyl groups is 1. The lowest BCUT2D eigenvalue weighted by Crippen LogP contribution is -2.65. The highest BCUT2D eigenvalue weighted by atomic mass is 16.3. The van der Waals surface area contributed by atoms with Crippen molar-refractivity contribution in [2.24, 2.45) is 5.41 Å². The molecule has 1 aliphatic heterocycles. The summed E-state index contributed by atoms with van der Waals surface area (Å²) in [5, 5.41) is 9.72. The van der Waals surface area contributed by atoms with E-state index in [4.69, 9.17) is 0 Å². The number of likely N-dealkylation sites (tertiary alicyclic amines) is 1. The number of carbonyl (C=O) groups excluding carboxylic acids is 1. The van der Waals surface area contributed by atoms with E-state index in [2.05, 4.69) is 12.8 Å². The van der Waals surface area contributed by atoms with Crippen molar-refractivity contribution in [3.05, 3.63) is 36.6 Å². The third-order valence-corrected chi connectivity index (χ3v) is 3.71. The second kappa shape index (κ2) is 4.65. The number of aliphatic hydroxyl groups excluding tert-OH is 1. The minimum Gasteiger partial charge on any atom is -0.392 e. The topological polar surface area (TPSA) is 40.5 Å². The molecule has 2 rings (SSSR count). The van der Waals surface area contributed by atoms with Gasteiger partial charge in [-0.2, -0.15) is 0 Å². The zero-order chi connectivity index (χ0) is 12.5. The third kappa shape index (κ3) is 2.04. The first kappa shape index (κ1) is 12.4. The second-order valence-corrected chi connectivity index (χ2v) is 4.69.